The first-order valence-corrected chi connectivity index (χ1v) is 13.3. The van der Waals surface area contributed by atoms with Crippen molar-refractivity contribution in [3.05, 3.63) is 107 Å². The Morgan fingerprint density at radius 2 is 1.74 bits per heavy atom. The third-order valence-corrected chi connectivity index (χ3v) is 6.83. The molecule has 1 aliphatic heterocycles. The number of halogens is 1. The third-order valence-electron chi connectivity index (χ3n) is 6.58. The van der Waals surface area contributed by atoms with Gasteiger partial charge in [-0.25, -0.2) is 9.97 Å². The highest BCUT2D eigenvalue weighted by Gasteiger charge is 2.20. The van der Waals surface area contributed by atoms with Crippen LogP contribution in [0.4, 0.5) is 0 Å². The van der Waals surface area contributed by atoms with Gasteiger partial charge in [0.2, 0.25) is 5.88 Å². The lowest BCUT2D eigenvalue weighted by atomic mass is 10.1. The van der Waals surface area contributed by atoms with Crippen molar-refractivity contribution in [3.8, 4) is 34.6 Å². The number of pyridine rings is 2. The zero-order valence-electron chi connectivity index (χ0n) is 21.4. The van der Waals surface area contributed by atoms with Crippen LogP contribution in [0, 0.1) is 18.8 Å². The molecule has 2 aromatic heterocycles. The second-order valence-electron chi connectivity index (χ2n) is 9.34. The minimum atomic E-state index is 0.231. The lowest BCUT2D eigenvalue weighted by molar-refractivity contribution is 0.0883. The molecule has 0 atom stereocenters. The summed E-state index contributed by atoms with van der Waals surface area (Å²) in [6, 6.07) is 23.5. The summed E-state index contributed by atoms with van der Waals surface area (Å²) in [4.78, 5) is 11.2. The van der Waals surface area contributed by atoms with E-state index in [1.165, 1.54) is 0 Å². The number of rotatable bonds is 7. The molecule has 0 unspecified atom stereocenters. The molecule has 38 heavy (non-hydrogen) atoms. The molecule has 4 aromatic rings. The average molecular weight is 524 g/mol. The van der Waals surface area contributed by atoms with Crippen LogP contribution in [0.1, 0.15) is 29.7 Å². The van der Waals surface area contributed by atoms with Gasteiger partial charge in [0.1, 0.15) is 24.2 Å². The largest absolute Gasteiger partial charge is 0.492 e. The van der Waals surface area contributed by atoms with Crippen LogP contribution in [0.2, 0.25) is 5.02 Å². The second-order valence-corrected chi connectivity index (χ2v) is 9.78. The van der Waals surface area contributed by atoms with Crippen molar-refractivity contribution in [1.82, 2.24) is 14.9 Å². The van der Waals surface area contributed by atoms with Gasteiger partial charge in [0.05, 0.1) is 0 Å². The van der Waals surface area contributed by atoms with Crippen molar-refractivity contribution in [2.24, 2.45) is 0 Å². The van der Waals surface area contributed by atoms with Crippen LogP contribution in [-0.4, -0.2) is 47.2 Å². The van der Waals surface area contributed by atoms with E-state index >= 15 is 0 Å². The van der Waals surface area contributed by atoms with Gasteiger partial charge in [0, 0.05) is 54.2 Å². The molecule has 5 nitrogen and oxygen atoms in total. The molecular weight excluding hydrogens is 494 g/mol. The Morgan fingerprint density at radius 1 is 0.921 bits per heavy atom. The monoisotopic (exact) mass is 523 g/mol. The predicted octanol–water partition coefficient (Wildman–Crippen LogP) is 6.43. The molecule has 0 bridgehead atoms. The van der Waals surface area contributed by atoms with E-state index in [4.69, 9.17) is 21.1 Å². The summed E-state index contributed by atoms with van der Waals surface area (Å²) in [5.41, 5.74) is 4.85. The van der Waals surface area contributed by atoms with Gasteiger partial charge in [-0.3, -0.25) is 4.90 Å². The molecule has 0 saturated carbocycles. The summed E-state index contributed by atoms with van der Waals surface area (Å²) in [5, 5.41) is 0.722. The predicted molar refractivity (Wildman–Crippen MR) is 152 cm³/mol. The summed E-state index contributed by atoms with van der Waals surface area (Å²) < 4.78 is 12.1. The van der Waals surface area contributed by atoms with Crippen molar-refractivity contribution in [3.63, 3.8) is 0 Å². The van der Waals surface area contributed by atoms with Crippen molar-refractivity contribution >= 4 is 11.6 Å². The number of aromatic nitrogens is 2. The first-order valence-electron chi connectivity index (χ1n) is 12.9. The van der Waals surface area contributed by atoms with Gasteiger partial charge in [-0.1, -0.05) is 41.8 Å². The average Bonchev–Trinajstić information content (AvgIpc) is 2.95. The number of hydrogen-bond acceptors (Lipinski definition) is 5. The van der Waals surface area contributed by atoms with Gasteiger partial charge in [-0.2, -0.15) is 0 Å². The van der Waals surface area contributed by atoms with E-state index in [1.54, 1.807) is 6.20 Å². The second kappa shape index (κ2) is 12.6. The quantitative estimate of drug-likeness (QED) is 0.261. The normalized spacial score (nSPS) is 13.9. The number of nitrogens with zero attached hydrogens (tertiary/aromatic N) is 3. The first kappa shape index (κ1) is 25.8. The van der Waals surface area contributed by atoms with E-state index < -0.39 is 0 Å². The standard InChI is InChI=1S/C32H30ClN3O2/c1-24-22-25(5-12-29-13-9-27(23-35-29)26-7-10-28(33)11-8-26)6-14-31(24)37-21-20-36-18-15-30(16-19-36)38-32-4-2-3-17-34-32/h2-4,6-11,13-14,17,22-23,30H,15-16,18-21H2,1H3. The Kier molecular flexibility index (Phi) is 8.55. The first-order chi connectivity index (χ1) is 18.6. The van der Waals surface area contributed by atoms with Gasteiger partial charge in [0.25, 0.3) is 0 Å². The molecule has 5 rings (SSSR count). The molecule has 0 N–H and O–H groups in total. The molecule has 6 heteroatoms. The number of hydrogen-bond donors (Lipinski definition) is 0. The third kappa shape index (κ3) is 7.13. The fourth-order valence-corrected chi connectivity index (χ4v) is 4.56. The van der Waals surface area contributed by atoms with Crippen LogP contribution in [0.3, 0.4) is 0 Å². The summed E-state index contributed by atoms with van der Waals surface area (Å²) in [6.07, 6.45) is 5.84. The zero-order valence-corrected chi connectivity index (χ0v) is 22.2. The van der Waals surface area contributed by atoms with Crippen molar-refractivity contribution in [2.45, 2.75) is 25.9 Å². The van der Waals surface area contributed by atoms with Crippen molar-refractivity contribution < 1.29 is 9.47 Å². The molecule has 0 amide bonds. The highest BCUT2D eigenvalue weighted by Crippen LogP contribution is 2.22. The Morgan fingerprint density at radius 3 is 2.45 bits per heavy atom. The smallest absolute Gasteiger partial charge is 0.213 e. The van der Waals surface area contributed by atoms with Gasteiger partial charge in [-0.05, 0) is 79.3 Å². The summed E-state index contributed by atoms with van der Waals surface area (Å²) in [7, 11) is 0. The fourth-order valence-electron chi connectivity index (χ4n) is 4.43. The van der Waals surface area contributed by atoms with Gasteiger partial charge < -0.3 is 9.47 Å². The zero-order chi connectivity index (χ0) is 26.2. The van der Waals surface area contributed by atoms with Gasteiger partial charge in [-0.15, -0.1) is 0 Å². The lowest BCUT2D eigenvalue weighted by Gasteiger charge is -2.31. The maximum Gasteiger partial charge on any atom is 0.213 e. The van der Waals surface area contributed by atoms with Crippen molar-refractivity contribution in [2.75, 3.05) is 26.2 Å². The van der Waals surface area contributed by atoms with Crippen LogP contribution in [0.5, 0.6) is 11.6 Å². The summed E-state index contributed by atoms with van der Waals surface area (Å²) in [6.45, 7) is 5.61. The van der Waals surface area contributed by atoms with E-state index in [-0.39, 0.29) is 6.10 Å². The number of aryl methyl sites for hydroxylation is 1. The van der Waals surface area contributed by atoms with Crippen LogP contribution >= 0.6 is 11.6 Å². The van der Waals surface area contributed by atoms with E-state index in [9.17, 15) is 0 Å². The van der Waals surface area contributed by atoms with E-state index in [2.05, 4.69) is 39.7 Å². The number of ether oxygens (including phenoxy) is 2. The number of benzene rings is 2. The van der Waals surface area contributed by atoms with E-state index in [1.807, 2.05) is 72.9 Å². The molecule has 0 radical (unpaired) electrons. The molecule has 192 valence electrons. The number of likely N-dealkylation sites (tertiary alicyclic amines) is 1. The van der Waals surface area contributed by atoms with E-state index in [0.717, 1.165) is 71.2 Å². The lowest BCUT2D eigenvalue weighted by Crippen LogP contribution is -2.40. The van der Waals surface area contributed by atoms with E-state index in [0.29, 0.717) is 12.5 Å². The maximum atomic E-state index is 6.09. The van der Waals surface area contributed by atoms with Crippen LogP contribution in [0.15, 0.2) is 85.2 Å². The highest BCUT2D eigenvalue weighted by molar-refractivity contribution is 6.30. The maximum absolute atomic E-state index is 6.09. The molecular formula is C32H30ClN3O2. The van der Waals surface area contributed by atoms with Crippen LogP contribution < -0.4 is 9.47 Å². The number of piperidine rings is 1. The minimum absolute atomic E-state index is 0.231. The Balaban J connectivity index is 1.08. The molecule has 1 aliphatic rings. The molecule has 3 heterocycles. The molecule has 0 spiro atoms. The van der Waals surface area contributed by atoms with Gasteiger partial charge in [0.15, 0.2) is 0 Å². The Hall–Kier alpha value is -3.85. The van der Waals surface area contributed by atoms with Gasteiger partial charge >= 0.3 is 0 Å². The molecule has 1 saturated heterocycles. The molecule has 0 aliphatic carbocycles. The van der Waals surface area contributed by atoms with Crippen molar-refractivity contribution in [1.29, 1.82) is 0 Å². The summed E-state index contributed by atoms with van der Waals surface area (Å²) >= 11 is 5.98. The Labute approximate surface area is 229 Å². The topological polar surface area (TPSA) is 47.5 Å². The minimum Gasteiger partial charge on any atom is -0.492 e. The molecule has 1 fully saturated rings. The SMILES string of the molecule is Cc1cc(C#Cc2ccc(-c3ccc(Cl)cc3)cn2)ccc1OCCN1CCC(Oc2ccccn2)CC1. The fraction of sp³-hybridized carbons (Fsp3) is 0.250. The molecule has 2 aromatic carbocycles. The Bertz CT molecular complexity index is 1390. The summed E-state index contributed by atoms with van der Waals surface area (Å²) in [5.74, 6) is 7.98. The van der Waals surface area contributed by atoms with Crippen LogP contribution in [-0.2, 0) is 0 Å². The van der Waals surface area contributed by atoms with Crippen LogP contribution in [0.25, 0.3) is 11.1 Å². The highest BCUT2D eigenvalue weighted by atomic mass is 35.5.